The third-order valence-corrected chi connectivity index (χ3v) is 4.24. The van der Waals surface area contributed by atoms with E-state index in [1.807, 2.05) is 11.6 Å². The normalized spacial score (nSPS) is 12.5. The number of rotatable bonds is 5. The number of carboxylic acid groups (broad SMARTS) is 1. The van der Waals surface area contributed by atoms with Crippen molar-refractivity contribution in [2.24, 2.45) is 0 Å². The fraction of sp³-hybridized carbons (Fsp3) is 0.278. The number of halogens is 1. The summed E-state index contributed by atoms with van der Waals surface area (Å²) < 4.78 is 15.6. The molecule has 1 aromatic carbocycles. The molecule has 0 radical (unpaired) electrons. The van der Waals surface area contributed by atoms with E-state index in [1.165, 1.54) is 30.6 Å². The minimum atomic E-state index is -1.01. The molecule has 0 saturated carbocycles. The Morgan fingerprint density at radius 2 is 2.17 bits per heavy atom. The topological polar surface area (TPSA) is 68.0 Å². The molecule has 0 saturated heterocycles. The second-order valence-electron chi connectivity index (χ2n) is 5.82. The van der Waals surface area contributed by atoms with Crippen molar-refractivity contribution < 1.29 is 14.3 Å². The first-order chi connectivity index (χ1) is 11.5. The van der Waals surface area contributed by atoms with Crippen molar-refractivity contribution in [3.05, 3.63) is 59.3 Å². The minimum Gasteiger partial charge on any atom is -0.478 e. The van der Waals surface area contributed by atoms with Gasteiger partial charge in [0.05, 0.1) is 16.8 Å². The summed E-state index contributed by atoms with van der Waals surface area (Å²) in [5, 5.41) is 14.6. The van der Waals surface area contributed by atoms with Gasteiger partial charge in [0.2, 0.25) is 0 Å². The van der Waals surface area contributed by atoms with Crippen LogP contribution in [0.5, 0.6) is 0 Å². The first-order valence-electron chi connectivity index (χ1n) is 7.84. The van der Waals surface area contributed by atoms with Gasteiger partial charge in [-0.25, -0.2) is 9.18 Å². The van der Waals surface area contributed by atoms with Gasteiger partial charge >= 0.3 is 5.97 Å². The maximum absolute atomic E-state index is 13.7. The highest BCUT2D eigenvalue weighted by Gasteiger charge is 2.17. The Balaban J connectivity index is 2.13. The number of carboxylic acids is 1. The summed E-state index contributed by atoms with van der Waals surface area (Å²) in [5.74, 6) is -1.35. The Bertz CT molecular complexity index is 904. The van der Waals surface area contributed by atoms with Crippen LogP contribution in [0.15, 0.2) is 36.7 Å². The van der Waals surface area contributed by atoms with Crippen LogP contribution in [0.1, 0.15) is 47.9 Å². The van der Waals surface area contributed by atoms with Gasteiger partial charge in [0.15, 0.2) is 0 Å². The van der Waals surface area contributed by atoms with E-state index in [-0.39, 0.29) is 17.4 Å². The molecule has 1 unspecified atom stereocenters. The summed E-state index contributed by atoms with van der Waals surface area (Å²) in [5.41, 5.74) is 2.25. The summed E-state index contributed by atoms with van der Waals surface area (Å²) >= 11 is 0. The van der Waals surface area contributed by atoms with Crippen molar-refractivity contribution in [1.82, 2.24) is 14.8 Å². The van der Waals surface area contributed by atoms with Crippen molar-refractivity contribution in [2.75, 3.05) is 0 Å². The highest BCUT2D eigenvalue weighted by atomic mass is 19.1. The lowest BCUT2D eigenvalue weighted by atomic mass is 10.0. The predicted molar refractivity (Wildman–Crippen MR) is 88.7 cm³/mol. The van der Waals surface area contributed by atoms with Crippen LogP contribution in [-0.4, -0.2) is 25.8 Å². The van der Waals surface area contributed by atoms with Crippen LogP contribution >= 0.6 is 0 Å². The van der Waals surface area contributed by atoms with Gasteiger partial charge < -0.3 is 5.11 Å². The average Bonchev–Trinajstić information content (AvgIpc) is 2.92. The molecule has 0 spiro atoms. The Morgan fingerprint density at radius 1 is 1.38 bits per heavy atom. The number of aromatic carboxylic acids is 1. The van der Waals surface area contributed by atoms with Crippen LogP contribution in [-0.2, 0) is 6.42 Å². The van der Waals surface area contributed by atoms with Crippen LogP contribution in [0, 0.1) is 5.82 Å². The lowest BCUT2D eigenvalue weighted by Crippen LogP contribution is -2.07. The molecule has 6 heteroatoms. The monoisotopic (exact) mass is 327 g/mol. The molecule has 0 bridgehead atoms. The summed E-state index contributed by atoms with van der Waals surface area (Å²) in [7, 11) is 0. The second kappa shape index (κ2) is 6.39. The number of fused-ring (bicyclic) bond motifs is 1. The zero-order chi connectivity index (χ0) is 17.3. The van der Waals surface area contributed by atoms with E-state index in [4.69, 9.17) is 0 Å². The fourth-order valence-electron chi connectivity index (χ4n) is 2.77. The first-order valence-corrected chi connectivity index (χ1v) is 7.84. The number of benzene rings is 1. The Hall–Kier alpha value is -2.76. The molecule has 2 aromatic heterocycles. The van der Waals surface area contributed by atoms with Gasteiger partial charge in [-0.3, -0.25) is 9.67 Å². The smallest absolute Gasteiger partial charge is 0.336 e. The number of hydrogen-bond donors (Lipinski definition) is 1. The van der Waals surface area contributed by atoms with Crippen molar-refractivity contribution in [3.8, 4) is 0 Å². The molecule has 2 heterocycles. The van der Waals surface area contributed by atoms with Crippen molar-refractivity contribution in [3.63, 3.8) is 0 Å². The van der Waals surface area contributed by atoms with Crippen LogP contribution in [0.4, 0.5) is 4.39 Å². The van der Waals surface area contributed by atoms with Crippen LogP contribution < -0.4 is 0 Å². The first kappa shape index (κ1) is 16.1. The maximum atomic E-state index is 13.7. The highest BCUT2D eigenvalue weighted by Crippen LogP contribution is 2.26. The summed E-state index contributed by atoms with van der Waals surface area (Å²) in [6, 6.07) is 6.22. The zero-order valence-corrected chi connectivity index (χ0v) is 13.5. The van der Waals surface area contributed by atoms with Gasteiger partial charge in [0, 0.05) is 30.2 Å². The molecule has 0 fully saturated rings. The van der Waals surface area contributed by atoms with Crippen molar-refractivity contribution >= 4 is 16.9 Å². The molecule has 0 aliphatic rings. The van der Waals surface area contributed by atoms with Crippen molar-refractivity contribution in [2.45, 2.75) is 32.7 Å². The van der Waals surface area contributed by atoms with Gasteiger partial charge in [-0.2, -0.15) is 5.10 Å². The molecule has 0 amide bonds. The Morgan fingerprint density at radius 3 is 2.88 bits per heavy atom. The molecular weight excluding hydrogens is 309 g/mol. The number of aromatic nitrogens is 3. The molecule has 0 aliphatic carbocycles. The molecule has 1 atom stereocenters. The van der Waals surface area contributed by atoms with Gasteiger partial charge in [-0.05, 0) is 43.2 Å². The second-order valence-corrected chi connectivity index (χ2v) is 5.82. The summed E-state index contributed by atoms with van der Waals surface area (Å²) in [6.45, 7) is 4.11. The average molecular weight is 327 g/mol. The third-order valence-electron chi connectivity index (χ3n) is 4.24. The maximum Gasteiger partial charge on any atom is 0.336 e. The lowest BCUT2D eigenvalue weighted by molar-refractivity contribution is 0.0695. The molecular formula is C18H18FN3O2. The zero-order valence-electron chi connectivity index (χ0n) is 13.5. The largest absolute Gasteiger partial charge is 0.478 e. The highest BCUT2D eigenvalue weighted by molar-refractivity contribution is 5.89. The molecule has 1 N–H and O–H groups in total. The van der Waals surface area contributed by atoms with E-state index in [2.05, 4.69) is 17.0 Å². The van der Waals surface area contributed by atoms with Crippen LogP contribution in [0.3, 0.4) is 0 Å². The van der Waals surface area contributed by atoms with E-state index in [0.717, 1.165) is 11.9 Å². The predicted octanol–water partition coefficient (Wildman–Crippen LogP) is 3.83. The SMILES string of the molecule is CCC(C)n1nc(Cc2cnccc2C(=O)O)c2cc(F)ccc21. The van der Waals surface area contributed by atoms with Gasteiger partial charge in [-0.15, -0.1) is 0 Å². The van der Waals surface area contributed by atoms with Gasteiger partial charge in [0.1, 0.15) is 5.82 Å². The van der Waals surface area contributed by atoms with Gasteiger partial charge in [0.25, 0.3) is 0 Å². The van der Waals surface area contributed by atoms with Gasteiger partial charge in [-0.1, -0.05) is 6.92 Å². The molecule has 5 nitrogen and oxygen atoms in total. The molecule has 124 valence electrons. The molecule has 0 aliphatic heterocycles. The molecule has 3 aromatic rings. The number of pyridine rings is 1. The number of carbonyl (C=O) groups is 1. The molecule has 24 heavy (non-hydrogen) atoms. The van der Waals surface area contributed by atoms with Crippen molar-refractivity contribution in [1.29, 1.82) is 0 Å². The van der Waals surface area contributed by atoms with E-state index >= 15 is 0 Å². The summed E-state index contributed by atoms with van der Waals surface area (Å²) in [6.07, 6.45) is 4.15. The van der Waals surface area contributed by atoms with E-state index < -0.39 is 5.97 Å². The lowest BCUT2D eigenvalue weighted by Gasteiger charge is -2.10. The number of hydrogen-bond acceptors (Lipinski definition) is 3. The number of nitrogens with zero attached hydrogens (tertiary/aromatic N) is 3. The van der Waals surface area contributed by atoms with E-state index in [9.17, 15) is 14.3 Å². The molecule has 3 rings (SSSR count). The van der Waals surface area contributed by atoms with Crippen LogP contribution in [0.2, 0.25) is 0 Å². The Labute approximate surface area is 138 Å². The minimum absolute atomic E-state index is 0.166. The quantitative estimate of drug-likeness (QED) is 0.773. The third kappa shape index (κ3) is 2.87. The summed E-state index contributed by atoms with van der Waals surface area (Å²) in [4.78, 5) is 15.4. The Kier molecular flexibility index (Phi) is 4.29. The standard InChI is InChI=1S/C18H18FN3O2/c1-3-11(2)22-17-5-4-13(19)9-15(17)16(21-22)8-12-10-20-7-6-14(12)18(23)24/h4-7,9-11H,3,8H2,1-2H3,(H,23,24). The van der Waals surface area contributed by atoms with E-state index in [0.29, 0.717) is 23.1 Å². The van der Waals surface area contributed by atoms with E-state index in [1.54, 1.807) is 6.07 Å². The van der Waals surface area contributed by atoms with Crippen LogP contribution in [0.25, 0.3) is 10.9 Å². The fourth-order valence-corrected chi connectivity index (χ4v) is 2.77.